The molecule has 0 saturated heterocycles. The van der Waals surface area contributed by atoms with Gasteiger partial charge in [0.15, 0.2) is 5.29 Å². The third kappa shape index (κ3) is 5.96. The highest BCUT2D eigenvalue weighted by Gasteiger charge is 1.83. The molecule has 0 atom stereocenters. The Morgan fingerprint density at radius 3 is 2.75 bits per heavy atom. The molecule has 8 heavy (non-hydrogen) atoms. The van der Waals surface area contributed by atoms with Crippen LogP contribution in [0.3, 0.4) is 0 Å². The second kappa shape index (κ2) is 5.10. The number of halogens is 2. The topological polar surface area (TPSA) is 0 Å². The molecule has 0 saturated carbocycles. The first-order valence-electron chi connectivity index (χ1n) is 2.78. The number of hydrogen-bond donors (Lipinski definition) is 0. The molecule has 0 bridgehead atoms. The molecule has 0 rings (SSSR count). The summed E-state index contributed by atoms with van der Waals surface area (Å²) in [5.74, 6) is 0. The third-order valence-electron chi connectivity index (χ3n) is 0.856. The molecule has 0 heterocycles. The minimum absolute atomic E-state index is 0.585. The summed E-state index contributed by atoms with van der Waals surface area (Å²) < 4.78 is 11.7. The predicted molar refractivity (Wildman–Crippen MR) is 34.6 cm³/mol. The van der Waals surface area contributed by atoms with E-state index in [0.29, 0.717) is 0 Å². The van der Waals surface area contributed by atoms with Crippen LogP contribution in [0.5, 0.6) is 0 Å². The van der Waals surface area contributed by atoms with E-state index in [9.17, 15) is 4.39 Å². The molecule has 48 valence electrons. The molecule has 0 nitrogen and oxygen atoms in total. The van der Waals surface area contributed by atoms with Gasteiger partial charge in [-0.05, 0) is 18.9 Å². The van der Waals surface area contributed by atoms with Gasteiger partial charge in [-0.25, -0.2) is 0 Å². The van der Waals surface area contributed by atoms with Crippen LogP contribution in [-0.2, 0) is 0 Å². The summed E-state index contributed by atoms with van der Waals surface area (Å²) in [6.07, 6.45) is 4.25. The Labute approximate surface area is 54.3 Å². The first-order chi connectivity index (χ1) is 3.77. The summed E-state index contributed by atoms with van der Waals surface area (Å²) >= 11 is 4.91. The van der Waals surface area contributed by atoms with Crippen molar-refractivity contribution in [3.63, 3.8) is 0 Å². The fourth-order valence-electron chi connectivity index (χ4n) is 0.415. The van der Waals surface area contributed by atoms with Crippen molar-refractivity contribution >= 4 is 11.6 Å². The zero-order valence-corrected chi connectivity index (χ0v) is 5.71. The van der Waals surface area contributed by atoms with E-state index in [1.807, 2.05) is 0 Å². The Hall–Kier alpha value is -0.0400. The molecule has 0 amide bonds. The maximum Gasteiger partial charge on any atom is 0.185 e. The summed E-state index contributed by atoms with van der Waals surface area (Å²) in [4.78, 5) is 0. The van der Waals surface area contributed by atoms with Gasteiger partial charge in [-0.3, -0.25) is 0 Å². The molecule has 0 unspecified atom stereocenters. The van der Waals surface area contributed by atoms with E-state index < -0.39 is 5.29 Å². The standard InChI is InChI=1S/C6H10ClF/c1-2-3-4-5-6(7)8/h5H,2-4H2,1H3. The van der Waals surface area contributed by atoms with Gasteiger partial charge in [-0.15, -0.1) is 0 Å². The minimum atomic E-state index is -0.585. The average molecular weight is 137 g/mol. The van der Waals surface area contributed by atoms with E-state index >= 15 is 0 Å². The molecule has 0 aromatic heterocycles. The van der Waals surface area contributed by atoms with Crippen molar-refractivity contribution in [2.45, 2.75) is 26.2 Å². The normalized spacial score (nSPS) is 12.1. The SMILES string of the molecule is CCCCC=C(F)Cl. The fourth-order valence-corrected chi connectivity index (χ4v) is 0.524. The molecule has 2 heteroatoms. The van der Waals surface area contributed by atoms with E-state index in [2.05, 4.69) is 6.92 Å². The minimum Gasteiger partial charge on any atom is -0.194 e. The van der Waals surface area contributed by atoms with Gasteiger partial charge in [0.25, 0.3) is 0 Å². The summed E-state index contributed by atoms with van der Waals surface area (Å²) in [5, 5.41) is -0.585. The summed E-state index contributed by atoms with van der Waals surface area (Å²) in [6, 6.07) is 0. The van der Waals surface area contributed by atoms with Gasteiger partial charge in [0.2, 0.25) is 0 Å². The van der Waals surface area contributed by atoms with Crippen LogP contribution in [0.1, 0.15) is 26.2 Å². The lowest BCUT2D eigenvalue weighted by molar-refractivity contribution is 0.681. The second-order valence-electron chi connectivity index (χ2n) is 1.64. The zero-order valence-electron chi connectivity index (χ0n) is 4.95. The van der Waals surface area contributed by atoms with Gasteiger partial charge >= 0.3 is 0 Å². The Morgan fingerprint density at radius 1 is 1.75 bits per heavy atom. The lowest BCUT2D eigenvalue weighted by Crippen LogP contribution is -1.65. The molecule has 0 N–H and O–H groups in total. The number of allylic oxidation sites excluding steroid dienone is 1. The highest BCUT2D eigenvalue weighted by atomic mass is 35.5. The highest BCUT2D eigenvalue weighted by Crippen LogP contribution is 2.05. The summed E-state index contributed by atoms with van der Waals surface area (Å²) in [5.41, 5.74) is 0. The van der Waals surface area contributed by atoms with Crippen LogP contribution in [0, 0.1) is 0 Å². The molecule has 0 aromatic rings. The van der Waals surface area contributed by atoms with Crippen LogP contribution in [0.15, 0.2) is 11.4 Å². The third-order valence-corrected chi connectivity index (χ3v) is 1.01. The molecule has 0 aliphatic rings. The van der Waals surface area contributed by atoms with Crippen LogP contribution >= 0.6 is 11.6 Å². The highest BCUT2D eigenvalue weighted by molar-refractivity contribution is 6.28. The number of unbranched alkanes of at least 4 members (excludes halogenated alkanes) is 2. The van der Waals surface area contributed by atoms with E-state index in [0.717, 1.165) is 19.3 Å². The quantitative estimate of drug-likeness (QED) is 0.523. The van der Waals surface area contributed by atoms with Gasteiger partial charge in [0, 0.05) is 0 Å². The molecule has 0 radical (unpaired) electrons. The molecule has 0 spiro atoms. The lowest BCUT2D eigenvalue weighted by atomic mass is 10.2. The zero-order chi connectivity index (χ0) is 6.41. The van der Waals surface area contributed by atoms with Crippen molar-refractivity contribution < 1.29 is 4.39 Å². The van der Waals surface area contributed by atoms with Crippen molar-refractivity contribution in [2.24, 2.45) is 0 Å². The first-order valence-corrected chi connectivity index (χ1v) is 3.16. The van der Waals surface area contributed by atoms with Crippen LogP contribution in [0.2, 0.25) is 0 Å². The van der Waals surface area contributed by atoms with Gasteiger partial charge in [0.05, 0.1) is 0 Å². The Kier molecular flexibility index (Phi) is 5.08. The van der Waals surface area contributed by atoms with E-state index in [1.54, 1.807) is 0 Å². The maximum atomic E-state index is 11.7. The largest absolute Gasteiger partial charge is 0.194 e. The van der Waals surface area contributed by atoms with Crippen molar-refractivity contribution in [1.29, 1.82) is 0 Å². The van der Waals surface area contributed by atoms with E-state index in [-0.39, 0.29) is 0 Å². The Morgan fingerprint density at radius 2 is 2.38 bits per heavy atom. The molecule has 0 aliphatic heterocycles. The van der Waals surface area contributed by atoms with Crippen LogP contribution in [-0.4, -0.2) is 0 Å². The number of rotatable bonds is 3. The Bertz CT molecular complexity index is 74.6. The van der Waals surface area contributed by atoms with E-state index in [1.165, 1.54) is 6.08 Å². The molecule has 0 aliphatic carbocycles. The van der Waals surface area contributed by atoms with Crippen molar-refractivity contribution in [3.05, 3.63) is 11.4 Å². The monoisotopic (exact) mass is 136 g/mol. The summed E-state index contributed by atoms with van der Waals surface area (Å²) in [6.45, 7) is 2.06. The predicted octanol–water partition coefficient (Wildman–Crippen LogP) is 3.23. The van der Waals surface area contributed by atoms with E-state index in [4.69, 9.17) is 11.6 Å². The average Bonchev–Trinajstić information content (AvgIpc) is 1.66. The Balaban J connectivity index is 3.03. The first kappa shape index (κ1) is 7.96. The second-order valence-corrected chi connectivity index (χ2v) is 2.00. The fraction of sp³-hybridized carbons (Fsp3) is 0.667. The number of hydrogen-bond acceptors (Lipinski definition) is 0. The van der Waals surface area contributed by atoms with Crippen molar-refractivity contribution in [3.8, 4) is 0 Å². The lowest BCUT2D eigenvalue weighted by Gasteiger charge is -1.85. The molecular formula is C6H10ClF. The van der Waals surface area contributed by atoms with Crippen LogP contribution in [0.25, 0.3) is 0 Å². The smallest absolute Gasteiger partial charge is 0.185 e. The van der Waals surface area contributed by atoms with Gasteiger partial charge in [0.1, 0.15) is 0 Å². The van der Waals surface area contributed by atoms with Crippen molar-refractivity contribution in [2.75, 3.05) is 0 Å². The van der Waals surface area contributed by atoms with Gasteiger partial charge in [-0.1, -0.05) is 24.9 Å². The van der Waals surface area contributed by atoms with Gasteiger partial charge in [-0.2, -0.15) is 4.39 Å². The van der Waals surface area contributed by atoms with Gasteiger partial charge < -0.3 is 0 Å². The van der Waals surface area contributed by atoms with Crippen LogP contribution in [0.4, 0.5) is 4.39 Å². The maximum absolute atomic E-state index is 11.7. The molecular weight excluding hydrogens is 127 g/mol. The van der Waals surface area contributed by atoms with Crippen molar-refractivity contribution in [1.82, 2.24) is 0 Å². The molecule has 0 fully saturated rings. The molecule has 0 aromatic carbocycles. The summed E-state index contributed by atoms with van der Waals surface area (Å²) in [7, 11) is 0. The van der Waals surface area contributed by atoms with Crippen LogP contribution < -0.4 is 0 Å².